The minimum Gasteiger partial charge on any atom is -0.468 e. The van der Waals surface area contributed by atoms with Crippen LogP contribution in [0.25, 0.3) is 11.0 Å². The Bertz CT molecular complexity index is 2190. The highest BCUT2D eigenvalue weighted by atomic mass is 79.9. The molecule has 5 aromatic rings. The van der Waals surface area contributed by atoms with Crippen LogP contribution >= 0.6 is 27.5 Å². The molecule has 9 nitrogen and oxygen atoms in total. The van der Waals surface area contributed by atoms with Crippen molar-refractivity contribution in [2.24, 2.45) is 0 Å². The molecule has 0 saturated carbocycles. The van der Waals surface area contributed by atoms with E-state index in [1.165, 1.54) is 13.3 Å². The number of nitrogens with one attached hydrogen (secondary N) is 1. The van der Waals surface area contributed by atoms with Gasteiger partial charge in [0.05, 0.1) is 40.4 Å². The maximum absolute atomic E-state index is 12.7. The van der Waals surface area contributed by atoms with Crippen LogP contribution in [0.1, 0.15) is 85.4 Å². The van der Waals surface area contributed by atoms with Gasteiger partial charge in [-0.05, 0) is 113 Å². The van der Waals surface area contributed by atoms with E-state index in [2.05, 4.69) is 36.2 Å². The van der Waals surface area contributed by atoms with Crippen LogP contribution in [-0.2, 0) is 42.9 Å². The van der Waals surface area contributed by atoms with Crippen molar-refractivity contribution in [2.45, 2.75) is 90.6 Å². The predicted octanol–water partition coefficient (Wildman–Crippen LogP) is 9.21. The van der Waals surface area contributed by atoms with E-state index in [-0.39, 0.29) is 29.0 Å². The lowest BCUT2D eigenvalue weighted by Crippen LogP contribution is -2.41. The van der Waals surface area contributed by atoms with Crippen molar-refractivity contribution >= 4 is 63.0 Å². The molecule has 6 rings (SSSR count). The second-order valence-corrected chi connectivity index (χ2v) is 16.1. The van der Waals surface area contributed by atoms with E-state index < -0.39 is 24.3 Å². The fourth-order valence-electron chi connectivity index (χ4n) is 5.60. The van der Waals surface area contributed by atoms with Gasteiger partial charge in [0.1, 0.15) is 5.52 Å². The van der Waals surface area contributed by atoms with Crippen LogP contribution in [0.5, 0.6) is 0 Å². The van der Waals surface area contributed by atoms with Gasteiger partial charge in [0.25, 0.3) is 5.91 Å². The van der Waals surface area contributed by atoms with Gasteiger partial charge in [-0.1, -0.05) is 52.3 Å². The average molecular weight is 870 g/mol. The molecule has 1 saturated heterocycles. The van der Waals surface area contributed by atoms with E-state index in [1.54, 1.807) is 6.20 Å². The monoisotopic (exact) mass is 868 g/mol. The number of benzene rings is 2. The Kier molecular flexibility index (Phi) is 14.7. The fourth-order valence-corrected chi connectivity index (χ4v) is 6.01. The number of fused-ring (bicyclic) bond motifs is 1. The first-order valence-corrected chi connectivity index (χ1v) is 19.3. The van der Waals surface area contributed by atoms with Crippen molar-refractivity contribution in [2.75, 3.05) is 7.11 Å². The number of carbonyl (C=O) groups is 2. The molecular formula is C42H46BBrClF3N4O5. The van der Waals surface area contributed by atoms with Crippen LogP contribution in [0.3, 0.4) is 0 Å². The van der Waals surface area contributed by atoms with E-state index in [9.17, 15) is 22.8 Å². The Morgan fingerprint density at radius 2 is 1.56 bits per heavy atom. The summed E-state index contributed by atoms with van der Waals surface area (Å²) < 4.78 is 54.1. The topological polar surface area (TPSA) is 113 Å². The van der Waals surface area contributed by atoms with Gasteiger partial charge in [-0.2, -0.15) is 13.2 Å². The van der Waals surface area contributed by atoms with Crippen molar-refractivity contribution in [1.29, 1.82) is 0 Å². The summed E-state index contributed by atoms with van der Waals surface area (Å²) in [7, 11) is 0.973. The maximum Gasteiger partial charge on any atom is 0.494 e. The van der Waals surface area contributed by atoms with Crippen LogP contribution in [0.15, 0.2) is 89.8 Å². The van der Waals surface area contributed by atoms with Gasteiger partial charge in [0.2, 0.25) is 0 Å². The summed E-state index contributed by atoms with van der Waals surface area (Å²) in [6, 6.07) is 20.3. The van der Waals surface area contributed by atoms with Crippen molar-refractivity contribution in [3.8, 4) is 0 Å². The standard InChI is InChI=1S/C18H16BrN3O.C17H25BO4.C7H5ClF3N/c1-11-12(2)22-15-4-3-9-20-17(15)16(11)18(23)21-10-13-5-7-14(19)8-6-13;1-15(2,14(19)20-7)12-9-8-10-13(11-12)18-21-16(3,4)17(5,6)22-18;8-2-5-1-6(4-12-3-5)7(9,10)11/h3-9H,10H2,1-2H3,(H,21,23);8-11H,1-7H3;1,3-4H,2H2. The highest BCUT2D eigenvalue weighted by Gasteiger charge is 2.52. The number of hydrogen-bond donors (Lipinski definition) is 1. The number of hydrogen-bond acceptors (Lipinski definition) is 8. The SMILES string of the molecule is COC(=O)C(C)(C)c1cccc(B2OC(C)(C)C(C)(C)O2)c1.Cc1nc2cccnc2c(C(=O)NCc2ccc(Br)cc2)c1C.FC(F)(F)c1cncc(CCl)c1. The van der Waals surface area contributed by atoms with Crippen LogP contribution < -0.4 is 10.8 Å². The molecule has 0 spiro atoms. The molecule has 15 heteroatoms. The van der Waals surface area contributed by atoms with Gasteiger partial charge in [-0.25, -0.2) is 0 Å². The third-order valence-corrected chi connectivity index (χ3v) is 10.8. The van der Waals surface area contributed by atoms with Gasteiger partial charge in [-0.15, -0.1) is 11.6 Å². The molecule has 1 fully saturated rings. The number of alkyl halides is 4. The Morgan fingerprint density at radius 3 is 2.16 bits per heavy atom. The zero-order chi connectivity index (χ0) is 42.3. The van der Waals surface area contributed by atoms with E-state index in [0.717, 1.165) is 50.1 Å². The molecule has 302 valence electrons. The number of esters is 1. The molecule has 0 unspecified atom stereocenters. The summed E-state index contributed by atoms with van der Waals surface area (Å²) in [5.41, 5.74) is 4.65. The van der Waals surface area contributed by atoms with E-state index >= 15 is 0 Å². The lowest BCUT2D eigenvalue weighted by atomic mass is 9.75. The molecule has 4 heterocycles. The molecule has 1 aliphatic rings. The highest BCUT2D eigenvalue weighted by Crippen LogP contribution is 2.37. The van der Waals surface area contributed by atoms with Gasteiger partial charge in [-0.3, -0.25) is 24.5 Å². The summed E-state index contributed by atoms with van der Waals surface area (Å²) in [5, 5.41) is 2.97. The predicted molar refractivity (Wildman–Crippen MR) is 220 cm³/mol. The number of amides is 1. The number of carbonyl (C=O) groups excluding carboxylic acids is 2. The molecule has 1 amide bonds. The summed E-state index contributed by atoms with van der Waals surface area (Å²) in [6.45, 7) is 16.1. The summed E-state index contributed by atoms with van der Waals surface area (Å²) in [6.07, 6.45) is -0.572. The fraction of sp³-hybridized carbons (Fsp3) is 0.357. The zero-order valence-corrected chi connectivity index (χ0v) is 35.7. The summed E-state index contributed by atoms with van der Waals surface area (Å²) in [4.78, 5) is 36.9. The van der Waals surface area contributed by atoms with E-state index in [0.29, 0.717) is 23.2 Å². The zero-order valence-electron chi connectivity index (χ0n) is 33.3. The number of methoxy groups -OCH3 is 1. The third kappa shape index (κ3) is 11.2. The molecule has 57 heavy (non-hydrogen) atoms. The molecule has 1 aliphatic heterocycles. The molecule has 3 aromatic heterocycles. The number of rotatable bonds is 7. The van der Waals surface area contributed by atoms with Crippen molar-refractivity contribution < 1.29 is 36.8 Å². The summed E-state index contributed by atoms with van der Waals surface area (Å²) >= 11 is 8.75. The first-order valence-electron chi connectivity index (χ1n) is 18.0. The Labute approximate surface area is 345 Å². The largest absolute Gasteiger partial charge is 0.494 e. The quantitative estimate of drug-likeness (QED) is 0.0980. The van der Waals surface area contributed by atoms with Crippen LogP contribution in [0.2, 0.25) is 0 Å². The van der Waals surface area contributed by atoms with Crippen molar-refractivity contribution in [3.63, 3.8) is 0 Å². The smallest absolute Gasteiger partial charge is 0.468 e. The van der Waals surface area contributed by atoms with Crippen LogP contribution in [0.4, 0.5) is 13.2 Å². The number of ether oxygens (including phenoxy) is 1. The molecule has 0 aliphatic carbocycles. The lowest BCUT2D eigenvalue weighted by molar-refractivity contribution is -0.146. The molecule has 0 bridgehead atoms. The lowest BCUT2D eigenvalue weighted by Gasteiger charge is -2.32. The van der Waals surface area contributed by atoms with Crippen LogP contribution in [-0.4, -0.2) is 52.3 Å². The minimum absolute atomic E-state index is 0.0386. The van der Waals surface area contributed by atoms with E-state index in [4.69, 9.17) is 25.6 Å². The Hall–Kier alpha value is -4.37. The molecular weight excluding hydrogens is 824 g/mol. The number of nitrogens with zero attached hydrogens (tertiary/aromatic N) is 3. The highest BCUT2D eigenvalue weighted by molar-refractivity contribution is 9.10. The van der Waals surface area contributed by atoms with Crippen molar-refractivity contribution in [1.82, 2.24) is 20.3 Å². The molecule has 2 aromatic carbocycles. The first kappa shape index (κ1) is 45.3. The van der Waals surface area contributed by atoms with Gasteiger partial charge < -0.3 is 19.4 Å². The minimum atomic E-state index is -4.34. The van der Waals surface area contributed by atoms with Crippen molar-refractivity contribution in [3.05, 3.63) is 129 Å². The van der Waals surface area contributed by atoms with Gasteiger partial charge in [0.15, 0.2) is 0 Å². The van der Waals surface area contributed by atoms with Crippen LogP contribution in [0, 0.1) is 13.8 Å². The number of pyridine rings is 3. The van der Waals surface area contributed by atoms with E-state index in [1.807, 2.05) is 116 Å². The molecule has 0 radical (unpaired) electrons. The summed E-state index contributed by atoms with van der Waals surface area (Å²) in [5.74, 6) is -0.352. The third-order valence-electron chi connectivity index (χ3n) is 9.93. The number of halogens is 5. The molecule has 0 atom stereocenters. The normalized spacial score (nSPS) is 14.5. The average Bonchev–Trinajstić information content (AvgIpc) is 3.40. The Balaban J connectivity index is 0.000000199. The first-order chi connectivity index (χ1) is 26.6. The maximum atomic E-state index is 12.7. The van der Waals surface area contributed by atoms with Gasteiger partial charge >= 0.3 is 19.3 Å². The molecule has 1 N–H and O–H groups in total. The van der Waals surface area contributed by atoms with Gasteiger partial charge in [0, 0.05) is 41.2 Å². The number of aromatic nitrogens is 3. The second-order valence-electron chi connectivity index (χ2n) is 14.9. The second kappa shape index (κ2) is 18.5. The Morgan fingerprint density at radius 1 is 0.912 bits per heavy atom. The number of aryl methyl sites for hydroxylation is 1.